The molecular formula is C24H31N3O. The lowest BCUT2D eigenvalue weighted by Crippen LogP contribution is -2.53. The van der Waals surface area contributed by atoms with E-state index < -0.39 is 0 Å². The van der Waals surface area contributed by atoms with Crippen molar-refractivity contribution in [3.05, 3.63) is 52.8 Å². The van der Waals surface area contributed by atoms with Crippen molar-refractivity contribution in [3.8, 4) is 0 Å². The number of benzene rings is 1. The van der Waals surface area contributed by atoms with Gasteiger partial charge in [0.15, 0.2) is 0 Å². The monoisotopic (exact) mass is 377 g/mol. The van der Waals surface area contributed by atoms with Gasteiger partial charge in [-0.1, -0.05) is 30.3 Å². The van der Waals surface area contributed by atoms with E-state index in [0.717, 1.165) is 54.9 Å². The molecule has 0 saturated heterocycles. The molecule has 1 amide bonds. The van der Waals surface area contributed by atoms with E-state index in [-0.39, 0.29) is 5.41 Å². The molecule has 1 aromatic carbocycles. The largest absolute Gasteiger partial charge is 0.351 e. The number of hydrogen-bond acceptors (Lipinski definition) is 2. The smallest absolute Gasteiger partial charge is 0.226 e. The van der Waals surface area contributed by atoms with Crippen molar-refractivity contribution in [1.82, 2.24) is 15.1 Å². The van der Waals surface area contributed by atoms with Crippen LogP contribution in [0, 0.1) is 37.0 Å². The second kappa shape index (κ2) is 6.75. The quantitative estimate of drug-likeness (QED) is 0.840. The summed E-state index contributed by atoms with van der Waals surface area (Å²) in [7, 11) is 0. The second-order valence-corrected chi connectivity index (χ2v) is 9.67. The Morgan fingerprint density at radius 1 is 1.07 bits per heavy atom. The number of rotatable bonds is 5. The summed E-state index contributed by atoms with van der Waals surface area (Å²) in [6, 6.07) is 10.4. The molecule has 1 heterocycles. The van der Waals surface area contributed by atoms with Crippen LogP contribution in [-0.4, -0.2) is 15.7 Å². The van der Waals surface area contributed by atoms with Gasteiger partial charge >= 0.3 is 0 Å². The molecule has 4 nitrogen and oxygen atoms in total. The van der Waals surface area contributed by atoms with Crippen LogP contribution in [0.1, 0.15) is 61.0 Å². The van der Waals surface area contributed by atoms with Crippen LogP contribution in [0.2, 0.25) is 0 Å². The normalized spacial score (nSPS) is 30.6. The molecule has 6 rings (SSSR count). The van der Waals surface area contributed by atoms with E-state index in [1.807, 2.05) is 6.07 Å². The molecule has 0 unspecified atom stereocenters. The van der Waals surface area contributed by atoms with Gasteiger partial charge in [-0.15, -0.1) is 0 Å². The van der Waals surface area contributed by atoms with E-state index in [4.69, 9.17) is 5.10 Å². The minimum atomic E-state index is -0.0728. The predicted octanol–water partition coefficient (Wildman–Crippen LogP) is 4.38. The number of aryl methyl sites for hydroxylation is 1. The zero-order chi connectivity index (χ0) is 19.3. The molecule has 0 spiro atoms. The highest BCUT2D eigenvalue weighted by Crippen LogP contribution is 2.60. The van der Waals surface area contributed by atoms with Crippen LogP contribution >= 0.6 is 0 Å². The molecular weight excluding hydrogens is 346 g/mol. The van der Waals surface area contributed by atoms with Crippen molar-refractivity contribution < 1.29 is 4.79 Å². The van der Waals surface area contributed by atoms with Crippen molar-refractivity contribution in [3.63, 3.8) is 0 Å². The van der Waals surface area contributed by atoms with Gasteiger partial charge in [-0.2, -0.15) is 5.10 Å². The van der Waals surface area contributed by atoms with E-state index in [1.54, 1.807) is 0 Å². The number of carbonyl (C=O) groups is 1. The summed E-state index contributed by atoms with van der Waals surface area (Å²) in [5.41, 5.74) is 4.54. The molecule has 4 fully saturated rings. The first-order valence-electron chi connectivity index (χ1n) is 10.9. The molecule has 4 heteroatoms. The van der Waals surface area contributed by atoms with Gasteiger partial charge in [0.2, 0.25) is 5.91 Å². The van der Waals surface area contributed by atoms with Gasteiger partial charge in [0.25, 0.3) is 0 Å². The van der Waals surface area contributed by atoms with Gasteiger partial charge in [0, 0.05) is 23.2 Å². The molecule has 4 aliphatic carbocycles. The highest BCUT2D eigenvalue weighted by Gasteiger charge is 2.54. The Hall–Kier alpha value is -2.10. The van der Waals surface area contributed by atoms with Gasteiger partial charge in [0.05, 0.1) is 12.2 Å². The molecule has 0 radical (unpaired) electrons. The first kappa shape index (κ1) is 18.0. The van der Waals surface area contributed by atoms with E-state index in [9.17, 15) is 4.79 Å². The molecule has 148 valence electrons. The molecule has 4 aliphatic rings. The summed E-state index contributed by atoms with van der Waals surface area (Å²) in [4.78, 5) is 13.3. The molecule has 0 aliphatic heterocycles. The van der Waals surface area contributed by atoms with Crippen LogP contribution in [0.25, 0.3) is 0 Å². The topological polar surface area (TPSA) is 46.9 Å². The standard InChI is InChI=1S/C24H31N3O/c1-16-22(17(2)27(26-16)15-18-6-4-3-5-7-18)14-25-23(28)24-11-19-8-20(12-24)10-21(9-19)13-24/h3-7,19-21H,8-15H2,1-2H3,(H,25,28). The fourth-order valence-electron chi connectivity index (χ4n) is 6.65. The molecule has 2 aromatic rings. The summed E-state index contributed by atoms with van der Waals surface area (Å²) >= 11 is 0. The fourth-order valence-corrected chi connectivity index (χ4v) is 6.65. The van der Waals surface area contributed by atoms with Gasteiger partial charge in [0.1, 0.15) is 0 Å². The van der Waals surface area contributed by atoms with Gasteiger partial charge in [-0.25, -0.2) is 0 Å². The van der Waals surface area contributed by atoms with Crippen molar-refractivity contribution in [2.75, 3.05) is 0 Å². The maximum atomic E-state index is 13.3. The number of amides is 1. The Bertz CT molecular complexity index is 847. The molecule has 28 heavy (non-hydrogen) atoms. The highest BCUT2D eigenvalue weighted by molar-refractivity contribution is 5.83. The molecule has 1 N–H and O–H groups in total. The number of hydrogen-bond donors (Lipinski definition) is 1. The predicted molar refractivity (Wildman–Crippen MR) is 110 cm³/mol. The Balaban J connectivity index is 1.29. The van der Waals surface area contributed by atoms with Crippen LogP contribution in [0.4, 0.5) is 0 Å². The minimum Gasteiger partial charge on any atom is -0.351 e. The third-order valence-corrected chi connectivity index (χ3v) is 7.65. The van der Waals surface area contributed by atoms with Gasteiger partial charge < -0.3 is 5.32 Å². The van der Waals surface area contributed by atoms with E-state index >= 15 is 0 Å². The van der Waals surface area contributed by atoms with Crippen LogP contribution in [-0.2, 0) is 17.9 Å². The Labute approximate surface area is 167 Å². The number of carbonyl (C=O) groups excluding carboxylic acids is 1. The molecule has 1 aromatic heterocycles. The molecule has 0 atom stereocenters. The SMILES string of the molecule is Cc1nn(Cc2ccccc2)c(C)c1CNC(=O)C12CC3CC(CC(C3)C1)C2. The van der Waals surface area contributed by atoms with E-state index in [0.29, 0.717) is 12.5 Å². The van der Waals surface area contributed by atoms with Crippen molar-refractivity contribution in [1.29, 1.82) is 0 Å². The summed E-state index contributed by atoms with van der Waals surface area (Å²) in [6.45, 7) is 5.55. The third-order valence-electron chi connectivity index (χ3n) is 7.65. The Kier molecular flexibility index (Phi) is 4.33. The summed E-state index contributed by atoms with van der Waals surface area (Å²) in [5.74, 6) is 2.71. The van der Waals surface area contributed by atoms with Crippen LogP contribution in [0.5, 0.6) is 0 Å². The summed E-state index contributed by atoms with van der Waals surface area (Å²) in [6.07, 6.45) is 7.48. The lowest BCUT2D eigenvalue weighted by Gasteiger charge is -2.55. The lowest BCUT2D eigenvalue weighted by molar-refractivity contribution is -0.146. The second-order valence-electron chi connectivity index (χ2n) is 9.67. The zero-order valence-corrected chi connectivity index (χ0v) is 17.1. The van der Waals surface area contributed by atoms with Gasteiger partial charge in [-0.3, -0.25) is 9.48 Å². The first-order valence-corrected chi connectivity index (χ1v) is 10.9. The van der Waals surface area contributed by atoms with Crippen LogP contribution < -0.4 is 5.32 Å². The fraction of sp³-hybridized carbons (Fsp3) is 0.583. The van der Waals surface area contributed by atoms with Gasteiger partial charge in [-0.05, 0) is 75.7 Å². The Morgan fingerprint density at radius 2 is 1.68 bits per heavy atom. The number of nitrogens with zero attached hydrogens (tertiary/aromatic N) is 2. The van der Waals surface area contributed by atoms with E-state index in [1.165, 1.54) is 30.4 Å². The van der Waals surface area contributed by atoms with Crippen molar-refractivity contribution >= 4 is 5.91 Å². The maximum Gasteiger partial charge on any atom is 0.226 e. The maximum absolute atomic E-state index is 13.3. The van der Waals surface area contributed by atoms with Crippen LogP contribution in [0.3, 0.4) is 0 Å². The third kappa shape index (κ3) is 3.07. The van der Waals surface area contributed by atoms with Crippen LogP contribution in [0.15, 0.2) is 30.3 Å². The number of nitrogens with one attached hydrogen (secondary N) is 1. The lowest BCUT2D eigenvalue weighted by atomic mass is 9.49. The number of aromatic nitrogens is 2. The molecule has 4 bridgehead atoms. The van der Waals surface area contributed by atoms with Crippen molar-refractivity contribution in [2.24, 2.45) is 23.2 Å². The zero-order valence-electron chi connectivity index (χ0n) is 17.1. The molecule has 4 saturated carbocycles. The van der Waals surface area contributed by atoms with E-state index in [2.05, 4.69) is 48.1 Å². The summed E-state index contributed by atoms with van der Waals surface area (Å²) < 4.78 is 2.07. The highest BCUT2D eigenvalue weighted by atomic mass is 16.2. The average Bonchev–Trinajstić information content (AvgIpc) is 2.92. The minimum absolute atomic E-state index is 0.0728. The first-order chi connectivity index (χ1) is 13.5. The Morgan fingerprint density at radius 3 is 2.29 bits per heavy atom. The summed E-state index contributed by atoms with van der Waals surface area (Å²) in [5, 5.41) is 8.06. The van der Waals surface area contributed by atoms with Crippen molar-refractivity contribution in [2.45, 2.75) is 65.5 Å². The average molecular weight is 378 g/mol.